The molecule has 1 aliphatic rings. The van der Waals surface area contributed by atoms with E-state index in [1.807, 2.05) is 0 Å². The van der Waals surface area contributed by atoms with E-state index in [1.165, 1.54) is 29.3 Å². The first kappa shape index (κ1) is 36.5. The van der Waals surface area contributed by atoms with Crippen LogP contribution < -0.4 is 10.9 Å². The number of aliphatic carboxylic acids is 2. The van der Waals surface area contributed by atoms with Crippen molar-refractivity contribution in [3.8, 4) is 0 Å². The lowest BCUT2D eigenvalue weighted by molar-refractivity contribution is -0.193. The summed E-state index contributed by atoms with van der Waals surface area (Å²) in [4.78, 5) is 50.8. The molecule has 11 nitrogen and oxygen atoms in total. The Bertz CT molecular complexity index is 1580. The lowest BCUT2D eigenvalue weighted by atomic mass is 10.0. The van der Waals surface area contributed by atoms with Crippen molar-refractivity contribution in [2.45, 2.75) is 57.4 Å². The minimum Gasteiger partial charge on any atom is -0.475 e. The number of aromatic nitrogens is 2. The van der Waals surface area contributed by atoms with Crippen LogP contribution in [0.5, 0.6) is 0 Å². The standard InChI is InChI=1S/C22H24F2N4O3.2C2HF3O2/c1-22(2,3)31-21(30)28-9-7-16(15(24)11-28)26-19-13-5-4-12(23)10-14(13)18-17(27-19)6-8-25-20(18)29;2*3-2(4,5)1(6)7/h4-6,8,10,15-16H,7,9,11H2,1-3H3,(H,25,29)(H,26,27);2*(H,6,7)/t15-,16-;;/m1../s1. The van der Waals surface area contributed by atoms with Crippen LogP contribution in [0.3, 0.4) is 0 Å². The van der Waals surface area contributed by atoms with E-state index >= 15 is 0 Å². The maximum Gasteiger partial charge on any atom is 0.490 e. The number of carboxylic acid groups (broad SMARTS) is 2. The highest BCUT2D eigenvalue weighted by Crippen LogP contribution is 2.30. The van der Waals surface area contributed by atoms with Crippen LogP contribution in [0.15, 0.2) is 35.3 Å². The summed E-state index contributed by atoms with van der Waals surface area (Å²) < 4.78 is 97.7. The average molecular weight is 658 g/mol. The minimum atomic E-state index is -5.08. The van der Waals surface area contributed by atoms with Crippen molar-refractivity contribution in [2.75, 3.05) is 18.4 Å². The molecular formula is C26H26F8N4O7. The highest BCUT2D eigenvalue weighted by atomic mass is 19.4. The summed E-state index contributed by atoms with van der Waals surface area (Å²) in [6.07, 6.45) is -10.3. The quantitative estimate of drug-likeness (QED) is 0.213. The lowest BCUT2D eigenvalue weighted by Gasteiger charge is -2.36. The number of hydrogen-bond donors (Lipinski definition) is 4. The second kappa shape index (κ2) is 13.9. The first-order chi connectivity index (χ1) is 20.5. The Kier molecular flexibility index (Phi) is 11.3. The molecule has 1 fully saturated rings. The lowest BCUT2D eigenvalue weighted by Crippen LogP contribution is -2.51. The number of ether oxygens (including phenoxy) is 1. The summed E-state index contributed by atoms with van der Waals surface area (Å²) in [7, 11) is 0. The maximum absolute atomic E-state index is 15.0. The van der Waals surface area contributed by atoms with Gasteiger partial charge in [0.2, 0.25) is 0 Å². The van der Waals surface area contributed by atoms with Crippen molar-refractivity contribution in [3.05, 3.63) is 46.6 Å². The van der Waals surface area contributed by atoms with Crippen LogP contribution in [-0.2, 0) is 14.3 Å². The van der Waals surface area contributed by atoms with Crippen LogP contribution in [0.4, 0.5) is 45.7 Å². The molecule has 3 aromatic rings. The highest BCUT2D eigenvalue weighted by molar-refractivity contribution is 6.09. The van der Waals surface area contributed by atoms with E-state index < -0.39 is 54.0 Å². The van der Waals surface area contributed by atoms with E-state index in [0.717, 1.165) is 0 Å². The fourth-order valence-electron chi connectivity index (χ4n) is 3.78. The summed E-state index contributed by atoms with van der Waals surface area (Å²) in [5.74, 6) is -5.63. The third-order valence-electron chi connectivity index (χ3n) is 5.68. The number of alkyl halides is 7. The van der Waals surface area contributed by atoms with Crippen molar-refractivity contribution < 1.29 is 64.5 Å². The van der Waals surface area contributed by atoms with Gasteiger partial charge in [-0.2, -0.15) is 26.3 Å². The first-order valence-electron chi connectivity index (χ1n) is 12.6. The molecule has 1 saturated heterocycles. The molecule has 0 bridgehead atoms. The number of nitrogens with zero attached hydrogens (tertiary/aromatic N) is 2. The van der Waals surface area contributed by atoms with Gasteiger partial charge in [-0.05, 0) is 51.5 Å². The van der Waals surface area contributed by atoms with Crippen molar-refractivity contribution >= 4 is 45.5 Å². The van der Waals surface area contributed by atoms with Crippen LogP contribution in [-0.4, -0.2) is 86.4 Å². The van der Waals surface area contributed by atoms with Gasteiger partial charge >= 0.3 is 30.4 Å². The first-order valence-corrected chi connectivity index (χ1v) is 12.6. The van der Waals surface area contributed by atoms with Crippen LogP contribution >= 0.6 is 0 Å². The number of fused-ring (bicyclic) bond motifs is 3. The summed E-state index contributed by atoms with van der Waals surface area (Å²) in [6.45, 7) is 5.50. The number of H-pyrrole nitrogens is 1. The predicted molar refractivity (Wildman–Crippen MR) is 142 cm³/mol. The number of carbonyl (C=O) groups excluding carboxylic acids is 1. The van der Waals surface area contributed by atoms with Gasteiger partial charge in [0.05, 0.1) is 23.5 Å². The summed E-state index contributed by atoms with van der Waals surface area (Å²) >= 11 is 0. The van der Waals surface area contributed by atoms with E-state index in [2.05, 4.69) is 15.3 Å². The molecule has 1 aromatic carbocycles. The zero-order valence-corrected chi connectivity index (χ0v) is 23.5. The number of carbonyl (C=O) groups is 3. The topological polar surface area (TPSA) is 162 Å². The van der Waals surface area contributed by atoms with Gasteiger partial charge in [0, 0.05) is 23.5 Å². The van der Waals surface area contributed by atoms with Gasteiger partial charge < -0.3 is 30.2 Å². The molecule has 3 heterocycles. The molecule has 4 N–H and O–H groups in total. The van der Waals surface area contributed by atoms with Crippen LogP contribution in [0.2, 0.25) is 0 Å². The van der Waals surface area contributed by atoms with Gasteiger partial charge in [-0.3, -0.25) is 4.79 Å². The molecule has 248 valence electrons. The summed E-state index contributed by atoms with van der Waals surface area (Å²) in [6, 6.07) is 5.09. The Labute approximate surface area is 247 Å². The molecule has 1 amide bonds. The third-order valence-corrected chi connectivity index (χ3v) is 5.68. The second-order valence-corrected chi connectivity index (χ2v) is 10.3. The molecular weight excluding hydrogens is 632 g/mol. The SMILES string of the molecule is CC(C)(C)OC(=O)N1CC[C@@H](Nc2nc3cc[nH]c(=O)c3c3cc(F)ccc23)[C@H](F)C1.O=C(O)C(F)(F)F.O=C(O)C(F)(F)F. The number of carboxylic acids is 2. The predicted octanol–water partition coefficient (Wildman–Crippen LogP) is 5.24. The molecule has 2 aromatic heterocycles. The van der Waals surface area contributed by atoms with E-state index in [0.29, 0.717) is 35.1 Å². The molecule has 0 spiro atoms. The Morgan fingerprint density at radius 2 is 1.56 bits per heavy atom. The molecule has 0 aliphatic carbocycles. The number of nitrogens with one attached hydrogen (secondary N) is 2. The minimum absolute atomic E-state index is 0.105. The number of pyridine rings is 2. The largest absolute Gasteiger partial charge is 0.490 e. The van der Waals surface area contributed by atoms with Crippen molar-refractivity contribution in [3.63, 3.8) is 0 Å². The summed E-state index contributed by atoms with van der Waals surface area (Å²) in [5, 5.41) is 18.6. The maximum atomic E-state index is 15.0. The zero-order valence-electron chi connectivity index (χ0n) is 23.5. The normalized spacial score (nSPS) is 17.0. The molecule has 2 atom stereocenters. The molecule has 45 heavy (non-hydrogen) atoms. The number of piperidine rings is 1. The third kappa shape index (κ3) is 10.5. The van der Waals surface area contributed by atoms with Gasteiger partial charge in [-0.25, -0.2) is 28.1 Å². The fraction of sp³-hybridized carbons (Fsp3) is 0.423. The van der Waals surface area contributed by atoms with E-state index in [4.69, 9.17) is 24.5 Å². The van der Waals surface area contributed by atoms with E-state index in [1.54, 1.807) is 26.8 Å². The van der Waals surface area contributed by atoms with Crippen molar-refractivity contribution in [1.82, 2.24) is 14.9 Å². The van der Waals surface area contributed by atoms with Gasteiger partial charge in [-0.1, -0.05) is 0 Å². The van der Waals surface area contributed by atoms with Crippen molar-refractivity contribution in [2.24, 2.45) is 0 Å². The molecule has 0 radical (unpaired) electrons. The fourth-order valence-corrected chi connectivity index (χ4v) is 3.78. The number of anilines is 1. The monoisotopic (exact) mass is 658 g/mol. The number of benzene rings is 1. The Hall–Kier alpha value is -4.71. The van der Waals surface area contributed by atoms with Crippen LogP contribution in [0.25, 0.3) is 21.7 Å². The molecule has 0 unspecified atom stereocenters. The number of aromatic amines is 1. The molecule has 0 saturated carbocycles. The number of amides is 1. The average Bonchev–Trinajstić information content (AvgIpc) is 2.88. The van der Waals surface area contributed by atoms with Gasteiger partial charge in [-0.15, -0.1) is 0 Å². The summed E-state index contributed by atoms with van der Waals surface area (Å²) in [5.41, 5.74) is -0.647. The number of halogens is 8. The Balaban J connectivity index is 0.000000421. The molecule has 1 aliphatic heterocycles. The van der Waals surface area contributed by atoms with Gasteiger partial charge in [0.1, 0.15) is 23.4 Å². The van der Waals surface area contributed by atoms with Crippen LogP contribution in [0.1, 0.15) is 27.2 Å². The molecule has 4 rings (SSSR count). The Morgan fingerprint density at radius 3 is 2.04 bits per heavy atom. The van der Waals surface area contributed by atoms with E-state index in [9.17, 15) is 44.7 Å². The highest BCUT2D eigenvalue weighted by Gasteiger charge is 2.39. The van der Waals surface area contributed by atoms with E-state index in [-0.39, 0.29) is 17.5 Å². The smallest absolute Gasteiger partial charge is 0.475 e. The Morgan fingerprint density at radius 1 is 1.00 bits per heavy atom. The van der Waals surface area contributed by atoms with Gasteiger partial charge in [0.15, 0.2) is 0 Å². The zero-order chi connectivity index (χ0) is 34.5. The second-order valence-electron chi connectivity index (χ2n) is 10.3. The van der Waals surface area contributed by atoms with Crippen molar-refractivity contribution in [1.29, 1.82) is 0 Å². The number of likely N-dealkylation sites (tertiary alicyclic amines) is 1. The number of hydrogen-bond acceptors (Lipinski definition) is 7. The van der Waals surface area contributed by atoms with Crippen LogP contribution in [0, 0.1) is 5.82 Å². The number of rotatable bonds is 2. The molecule has 19 heteroatoms. The van der Waals surface area contributed by atoms with Gasteiger partial charge in [0.25, 0.3) is 5.56 Å².